The molecule has 1 heterocycles. The second-order valence-electron chi connectivity index (χ2n) is 7.65. The molecule has 3 rings (SSSR count). The highest BCUT2D eigenvalue weighted by Gasteiger charge is 2.19. The number of piperidine rings is 1. The zero-order chi connectivity index (χ0) is 21.9. The van der Waals surface area contributed by atoms with Crippen molar-refractivity contribution in [2.24, 2.45) is 10.7 Å². The van der Waals surface area contributed by atoms with Crippen LogP contribution in [0.5, 0.6) is 11.5 Å². The summed E-state index contributed by atoms with van der Waals surface area (Å²) in [6, 6.07) is 16.2. The summed E-state index contributed by atoms with van der Waals surface area (Å²) in [6.45, 7) is 4.52. The molecule has 0 radical (unpaired) electrons. The van der Waals surface area contributed by atoms with Crippen LogP contribution in [0.4, 0.5) is 5.69 Å². The van der Waals surface area contributed by atoms with E-state index in [4.69, 9.17) is 19.9 Å². The molecule has 0 saturated carbocycles. The van der Waals surface area contributed by atoms with E-state index in [1.807, 2.05) is 18.2 Å². The molecule has 0 amide bonds. The number of guanidine groups is 1. The Labute approximate surface area is 208 Å². The van der Waals surface area contributed by atoms with Gasteiger partial charge in [-0.15, -0.1) is 24.0 Å². The fraction of sp³-hybridized carbons (Fsp3) is 0.458. The summed E-state index contributed by atoms with van der Waals surface area (Å²) in [5.74, 6) is 1.69. The lowest BCUT2D eigenvalue weighted by molar-refractivity contribution is 0.00566. The molecule has 1 fully saturated rings. The van der Waals surface area contributed by atoms with Crippen LogP contribution in [-0.2, 0) is 11.3 Å². The third-order valence-electron chi connectivity index (χ3n) is 5.38. The van der Waals surface area contributed by atoms with Gasteiger partial charge in [-0.05, 0) is 37.0 Å². The summed E-state index contributed by atoms with van der Waals surface area (Å²) >= 11 is 0. The quantitative estimate of drug-likeness (QED) is 0.199. The van der Waals surface area contributed by atoms with Crippen LogP contribution in [0, 0.1) is 0 Å². The maximum atomic E-state index is 6.05. The van der Waals surface area contributed by atoms with Gasteiger partial charge in [0, 0.05) is 44.5 Å². The zero-order valence-corrected chi connectivity index (χ0v) is 21.3. The van der Waals surface area contributed by atoms with Crippen molar-refractivity contribution in [3.05, 3.63) is 54.1 Å². The van der Waals surface area contributed by atoms with Crippen molar-refractivity contribution in [2.75, 3.05) is 45.8 Å². The Balaban J connectivity index is 0.00000363. The van der Waals surface area contributed by atoms with Gasteiger partial charge in [0.1, 0.15) is 0 Å². The summed E-state index contributed by atoms with van der Waals surface area (Å²) in [5, 5.41) is 3.08. The van der Waals surface area contributed by atoms with Crippen molar-refractivity contribution in [3.8, 4) is 11.5 Å². The molecule has 0 bridgehead atoms. The molecule has 8 heteroatoms. The molecule has 0 aliphatic carbocycles. The van der Waals surface area contributed by atoms with Crippen LogP contribution < -0.4 is 20.5 Å². The van der Waals surface area contributed by atoms with Gasteiger partial charge in [0.2, 0.25) is 0 Å². The number of nitrogens with zero attached hydrogens (tertiary/aromatic N) is 2. The molecule has 32 heavy (non-hydrogen) atoms. The molecular formula is C24H35IN4O3. The number of likely N-dealkylation sites (tertiary alicyclic amines) is 1. The van der Waals surface area contributed by atoms with Gasteiger partial charge in [-0.1, -0.05) is 30.3 Å². The van der Waals surface area contributed by atoms with Gasteiger partial charge in [-0.3, -0.25) is 9.89 Å². The zero-order valence-electron chi connectivity index (χ0n) is 19.0. The maximum absolute atomic E-state index is 6.05. The van der Waals surface area contributed by atoms with Crippen LogP contribution in [-0.4, -0.2) is 57.4 Å². The highest BCUT2D eigenvalue weighted by atomic mass is 127. The van der Waals surface area contributed by atoms with E-state index in [1.54, 1.807) is 14.2 Å². The van der Waals surface area contributed by atoms with Crippen LogP contribution in [0.3, 0.4) is 0 Å². The van der Waals surface area contributed by atoms with Crippen LogP contribution >= 0.6 is 24.0 Å². The lowest BCUT2D eigenvalue weighted by atomic mass is 10.1. The molecule has 2 aromatic carbocycles. The average Bonchev–Trinajstić information content (AvgIpc) is 2.80. The Morgan fingerprint density at radius 1 is 1.06 bits per heavy atom. The van der Waals surface area contributed by atoms with Crippen LogP contribution in [0.2, 0.25) is 0 Å². The fourth-order valence-electron chi connectivity index (χ4n) is 3.69. The highest BCUT2D eigenvalue weighted by Crippen LogP contribution is 2.29. The predicted octanol–water partition coefficient (Wildman–Crippen LogP) is 4.12. The molecular weight excluding hydrogens is 519 g/mol. The Kier molecular flexibility index (Phi) is 11.6. The first-order valence-electron chi connectivity index (χ1n) is 10.8. The molecule has 0 atom stereocenters. The van der Waals surface area contributed by atoms with E-state index in [0.29, 0.717) is 36.7 Å². The van der Waals surface area contributed by atoms with Crippen molar-refractivity contribution in [1.29, 1.82) is 0 Å². The second kappa shape index (κ2) is 14.2. The third-order valence-corrected chi connectivity index (χ3v) is 5.38. The molecule has 0 unspecified atom stereocenters. The van der Waals surface area contributed by atoms with Crippen molar-refractivity contribution >= 4 is 35.6 Å². The fourth-order valence-corrected chi connectivity index (χ4v) is 3.69. The SMILES string of the molecule is COc1ccc(NC(N)=NCCCOC2CCN(Cc3ccccc3)CC2)cc1OC.I. The molecule has 2 aromatic rings. The molecule has 0 spiro atoms. The van der Waals surface area contributed by atoms with E-state index >= 15 is 0 Å². The Hall–Kier alpha value is -2.04. The average molecular weight is 554 g/mol. The molecule has 7 nitrogen and oxygen atoms in total. The summed E-state index contributed by atoms with van der Waals surface area (Å²) in [7, 11) is 3.21. The Morgan fingerprint density at radius 3 is 2.47 bits per heavy atom. The van der Waals surface area contributed by atoms with Crippen molar-refractivity contribution < 1.29 is 14.2 Å². The number of anilines is 1. The van der Waals surface area contributed by atoms with Gasteiger partial charge in [-0.2, -0.15) is 0 Å². The minimum absolute atomic E-state index is 0. The number of hydrogen-bond acceptors (Lipinski definition) is 5. The van der Waals surface area contributed by atoms with E-state index in [2.05, 4.69) is 45.5 Å². The first-order valence-corrected chi connectivity index (χ1v) is 10.8. The molecule has 1 saturated heterocycles. The van der Waals surface area contributed by atoms with Crippen molar-refractivity contribution in [2.45, 2.75) is 31.9 Å². The van der Waals surface area contributed by atoms with E-state index in [1.165, 1.54) is 5.56 Å². The van der Waals surface area contributed by atoms with Crippen LogP contribution in [0.1, 0.15) is 24.8 Å². The lowest BCUT2D eigenvalue weighted by Crippen LogP contribution is -2.36. The number of ether oxygens (including phenoxy) is 3. The van der Waals surface area contributed by atoms with Gasteiger partial charge >= 0.3 is 0 Å². The molecule has 1 aliphatic rings. The number of hydrogen-bond donors (Lipinski definition) is 2. The summed E-state index contributed by atoms with van der Waals surface area (Å²) in [5.41, 5.74) is 8.17. The topological polar surface area (TPSA) is 81.3 Å². The minimum Gasteiger partial charge on any atom is -0.493 e. The third kappa shape index (κ3) is 8.48. The van der Waals surface area contributed by atoms with Crippen molar-refractivity contribution in [1.82, 2.24) is 4.90 Å². The largest absolute Gasteiger partial charge is 0.493 e. The number of benzene rings is 2. The number of halogens is 1. The smallest absolute Gasteiger partial charge is 0.193 e. The summed E-state index contributed by atoms with van der Waals surface area (Å²) < 4.78 is 16.6. The number of nitrogens with two attached hydrogens (primary N) is 1. The van der Waals surface area contributed by atoms with Gasteiger partial charge in [-0.25, -0.2) is 0 Å². The van der Waals surface area contributed by atoms with Crippen LogP contribution in [0.15, 0.2) is 53.5 Å². The Bertz CT molecular complexity index is 827. The van der Waals surface area contributed by atoms with E-state index in [9.17, 15) is 0 Å². The normalized spacial score (nSPS) is 15.1. The first kappa shape index (κ1) is 26.2. The second-order valence-corrected chi connectivity index (χ2v) is 7.65. The Morgan fingerprint density at radius 2 is 1.78 bits per heavy atom. The minimum atomic E-state index is 0. The van der Waals surface area contributed by atoms with E-state index < -0.39 is 0 Å². The summed E-state index contributed by atoms with van der Waals surface area (Å²) in [6.07, 6.45) is 3.36. The molecule has 176 valence electrons. The molecule has 0 aromatic heterocycles. The van der Waals surface area contributed by atoms with E-state index in [0.717, 1.165) is 44.6 Å². The number of aliphatic imine (C=N–C) groups is 1. The monoisotopic (exact) mass is 554 g/mol. The van der Waals surface area contributed by atoms with Gasteiger partial charge < -0.3 is 25.3 Å². The lowest BCUT2D eigenvalue weighted by Gasteiger charge is -2.31. The number of nitrogens with one attached hydrogen (secondary N) is 1. The molecule has 1 aliphatic heterocycles. The predicted molar refractivity (Wildman–Crippen MR) is 140 cm³/mol. The van der Waals surface area contributed by atoms with E-state index in [-0.39, 0.29) is 24.0 Å². The van der Waals surface area contributed by atoms with Gasteiger partial charge in [0.05, 0.1) is 20.3 Å². The highest BCUT2D eigenvalue weighted by molar-refractivity contribution is 14.0. The van der Waals surface area contributed by atoms with Gasteiger partial charge in [0.15, 0.2) is 17.5 Å². The standard InChI is InChI=1S/C24H34N4O3.HI/c1-29-22-10-9-20(17-23(22)30-2)27-24(25)26-13-6-16-31-21-11-14-28(15-12-21)18-19-7-4-3-5-8-19;/h3-5,7-10,17,21H,6,11-16,18H2,1-2H3,(H3,25,26,27);1H. The maximum Gasteiger partial charge on any atom is 0.193 e. The van der Waals surface area contributed by atoms with Gasteiger partial charge in [0.25, 0.3) is 0 Å². The molecule has 3 N–H and O–H groups in total. The first-order chi connectivity index (χ1) is 15.2. The number of methoxy groups -OCH3 is 2. The van der Waals surface area contributed by atoms with Crippen molar-refractivity contribution in [3.63, 3.8) is 0 Å². The number of rotatable bonds is 10. The van der Waals surface area contributed by atoms with Crippen LogP contribution in [0.25, 0.3) is 0 Å². The summed E-state index contributed by atoms with van der Waals surface area (Å²) in [4.78, 5) is 6.88.